The quantitative estimate of drug-likeness (QED) is 0.416. The van der Waals surface area contributed by atoms with Gasteiger partial charge in [-0.15, -0.1) is 0 Å². The van der Waals surface area contributed by atoms with Gasteiger partial charge in [0.05, 0.1) is 24.2 Å². The molecule has 0 radical (unpaired) electrons. The summed E-state index contributed by atoms with van der Waals surface area (Å²) in [6, 6.07) is 9.05. The molecule has 4 rings (SSSR count). The minimum atomic E-state index is -2.04. The Morgan fingerprint density at radius 1 is 1.31 bits per heavy atom. The zero-order valence-corrected chi connectivity index (χ0v) is 17.3. The fourth-order valence-electron chi connectivity index (χ4n) is 4.20. The number of nitriles is 1. The van der Waals surface area contributed by atoms with E-state index in [2.05, 4.69) is 16.3 Å². The third kappa shape index (κ3) is 3.38. The van der Waals surface area contributed by atoms with Crippen molar-refractivity contribution in [1.29, 1.82) is 5.26 Å². The van der Waals surface area contributed by atoms with Crippen molar-refractivity contribution >= 4 is 27.8 Å². The first kappa shape index (κ1) is 21.4. The highest BCUT2D eigenvalue weighted by molar-refractivity contribution is 6.00. The third-order valence-electron chi connectivity index (χ3n) is 5.56. The molecule has 2 N–H and O–H groups in total. The average Bonchev–Trinajstić information content (AvgIpc) is 3.32. The summed E-state index contributed by atoms with van der Waals surface area (Å²) in [7, 11) is 0. The van der Waals surface area contributed by atoms with E-state index in [1.165, 1.54) is 30.5 Å². The number of nitrogens with zero attached hydrogens (tertiary/aromatic N) is 3. The number of carbonyl (C=O) groups is 1. The molecule has 9 heteroatoms. The number of carboxylic acids is 1. The van der Waals surface area contributed by atoms with E-state index in [-0.39, 0.29) is 34.1 Å². The Morgan fingerprint density at radius 2 is 2.00 bits per heavy atom. The summed E-state index contributed by atoms with van der Waals surface area (Å²) in [5.74, 6) is -2.64. The van der Waals surface area contributed by atoms with Crippen LogP contribution in [0.3, 0.4) is 0 Å². The fourth-order valence-corrected chi connectivity index (χ4v) is 4.20. The van der Waals surface area contributed by atoms with E-state index in [4.69, 9.17) is 0 Å². The van der Waals surface area contributed by atoms with Crippen molar-refractivity contribution in [3.63, 3.8) is 0 Å². The second kappa shape index (κ2) is 7.71. The van der Waals surface area contributed by atoms with E-state index < -0.39 is 35.6 Å². The first-order valence-electron chi connectivity index (χ1n) is 9.85. The first-order valence-corrected chi connectivity index (χ1v) is 9.85. The maximum atomic E-state index is 15.7. The molecule has 0 aliphatic carbocycles. The highest BCUT2D eigenvalue weighted by atomic mass is 19.1. The molecule has 2 aromatic carbocycles. The molecule has 2 aromatic heterocycles. The molecule has 0 fully saturated rings. The molecule has 164 valence electrons. The Hall–Kier alpha value is -3.80. The highest BCUT2D eigenvalue weighted by Gasteiger charge is 2.36. The van der Waals surface area contributed by atoms with Crippen LogP contribution in [0.1, 0.15) is 44.1 Å². The number of hydrogen-bond donors (Lipinski definition) is 2. The number of aromatic nitrogens is 3. The molecule has 2 heterocycles. The van der Waals surface area contributed by atoms with Crippen molar-refractivity contribution in [3.8, 4) is 11.8 Å². The summed E-state index contributed by atoms with van der Waals surface area (Å²) >= 11 is 0. The Bertz CT molecular complexity index is 1380. The molecule has 0 saturated carbocycles. The SMILES string of the molecule is CC(C)(CC#N)c1c([C@H](F)CC(=O)O)c2c(F)c3[nH]ncc3cc2n1-c1ccc(F)cc1. The number of hydrogen-bond acceptors (Lipinski definition) is 3. The van der Waals surface area contributed by atoms with E-state index in [0.29, 0.717) is 11.1 Å². The van der Waals surface area contributed by atoms with Crippen LogP contribution in [0.4, 0.5) is 13.2 Å². The number of nitrogens with one attached hydrogen (secondary N) is 1. The number of rotatable bonds is 6. The molecule has 6 nitrogen and oxygen atoms in total. The van der Waals surface area contributed by atoms with Gasteiger partial charge in [-0.3, -0.25) is 9.89 Å². The first-order chi connectivity index (χ1) is 15.2. The van der Waals surface area contributed by atoms with Gasteiger partial charge >= 0.3 is 5.97 Å². The van der Waals surface area contributed by atoms with Crippen molar-refractivity contribution in [1.82, 2.24) is 14.8 Å². The van der Waals surface area contributed by atoms with E-state index >= 15 is 8.78 Å². The maximum Gasteiger partial charge on any atom is 0.306 e. The van der Waals surface area contributed by atoms with E-state index in [1.54, 1.807) is 24.5 Å². The van der Waals surface area contributed by atoms with Crippen LogP contribution in [0.5, 0.6) is 0 Å². The van der Waals surface area contributed by atoms with E-state index in [9.17, 15) is 19.6 Å². The molecule has 0 bridgehead atoms. The molecule has 0 aliphatic rings. The maximum absolute atomic E-state index is 15.7. The van der Waals surface area contributed by atoms with Gasteiger partial charge in [-0.25, -0.2) is 13.2 Å². The number of aromatic amines is 1. The van der Waals surface area contributed by atoms with E-state index in [1.807, 2.05) is 0 Å². The summed E-state index contributed by atoms with van der Waals surface area (Å²) in [4.78, 5) is 11.3. The van der Waals surface area contributed by atoms with Gasteiger partial charge in [-0.05, 0) is 30.3 Å². The number of fused-ring (bicyclic) bond motifs is 2. The summed E-state index contributed by atoms with van der Waals surface area (Å²) in [5.41, 5.74) is -0.115. The van der Waals surface area contributed by atoms with Gasteiger partial charge in [0.25, 0.3) is 0 Å². The van der Waals surface area contributed by atoms with Crippen LogP contribution in [0, 0.1) is 23.0 Å². The molecule has 0 amide bonds. The number of halogens is 3. The van der Waals surface area contributed by atoms with E-state index in [0.717, 1.165) is 0 Å². The second-order valence-corrected chi connectivity index (χ2v) is 8.28. The lowest BCUT2D eigenvalue weighted by atomic mass is 9.82. The van der Waals surface area contributed by atoms with Crippen molar-refractivity contribution in [3.05, 3.63) is 59.4 Å². The van der Waals surface area contributed by atoms with Crippen LogP contribution < -0.4 is 0 Å². The minimum Gasteiger partial charge on any atom is -0.481 e. The fraction of sp³-hybridized carbons (Fsp3) is 0.261. The molecule has 4 aromatic rings. The third-order valence-corrected chi connectivity index (χ3v) is 5.56. The Kier molecular flexibility index (Phi) is 5.17. The van der Waals surface area contributed by atoms with Crippen LogP contribution in [-0.2, 0) is 10.2 Å². The number of alkyl halides is 1. The average molecular weight is 440 g/mol. The van der Waals surface area contributed by atoms with Crippen molar-refractivity contribution in [2.45, 2.75) is 38.3 Å². The topological polar surface area (TPSA) is 94.7 Å². The molecule has 0 spiro atoms. The smallest absolute Gasteiger partial charge is 0.306 e. The molecule has 0 unspecified atom stereocenters. The molecule has 0 aliphatic heterocycles. The van der Waals surface area contributed by atoms with Crippen LogP contribution >= 0.6 is 0 Å². The van der Waals surface area contributed by atoms with Crippen LogP contribution in [-0.4, -0.2) is 25.8 Å². The summed E-state index contributed by atoms with van der Waals surface area (Å²) in [6.45, 7) is 3.40. The van der Waals surface area contributed by atoms with Crippen molar-refractivity contribution < 1.29 is 23.1 Å². The van der Waals surface area contributed by atoms with Crippen molar-refractivity contribution in [2.75, 3.05) is 0 Å². The molecule has 32 heavy (non-hydrogen) atoms. The van der Waals surface area contributed by atoms with Gasteiger partial charge in [-0.1, -0.05) is 13.8 Å². The van der Waals surface area contributed by atoms with Crippen molar-refractivity contribution in [2.24, 2.45) is 0 Å². The monoisotopic (exact) mass is 440 g/mol. The minimum absolute atomic E-state index is 0.0433. The number of H-pyrrole nitrogens is 1. The normalized spacial score (nSPS) is 12.9. The largest absolute Gasteiger partial charge is 0.481 e. The van der Waals surface area contributed by atoms with Crippen LogP contribution in [0.15, 0.2) is 36.5 Å². The molecule has 0 saturated heterocycles. The summed E-state index contributed by atoms with van der Waals surface area (Å²) in [5, 5.41) is 25.4. The summed E-state index contributed by atoms with van der Waals surface area (Å²) < 4.78 is 46.4. The summed E-state index contributed by atoms with van der Waals surface area (Å²) in [6.07, 6.45) is -1.54. The Morgan fingerprint density at radius 3 is 2.62 bits per heavy atom. The van der Waals surface area contributed by atoms with Gasteiger partial charge in [-0.2, -0.15) is 10.4 Å². The molecule has 1 atom stereocenters. The zero-order valence-electron chi connectivity index (χ0n) is 17.3. The predicted octanol–water partition coefficient (Wildman–Crippen LogP) is 5.46. The van der Waals surface area contributed by atoms with Gasteiger partial charge < -0.3 is 9.67 Å². The standard InChI is InChI=1S/C23H19F3N4O2/c1-23(2,7-8-27)22-18(15(25)10-17(31)32)19-16(9-12-11-28-29-21(12)20(19)26)30(22)14-5-3-13(24)4-6-14/h3-6,9,11,15H,7,10H2,1-2H3,(H,28,29)(H,31,32)/t15-/m1/s1. The number of carboxylic acid groups (broad SMARTS) is 1. The molecular formula is C23H19F3N4O2. The van der Waals surface area contributed by atoms with Gasteiger partial charge in [0.15, 0.2) is 5.82 Å². The number of benzene rings is 2. The highest BCUT2D eigenvalue weighted by Crippen LogP contribution is 2.45. The van der Waals surface area contributed by atoms with Crippen LogP contribution in [0.2, 0.25) is 0 Å². The van der Waals surface area contributed by atoms with Gasteiger partial charge in [0.2, 0.25) is 0 Å². The van der Waals surface area contributed by atoms with Crippen LogP contribution in [0.25, 0.3) is 27.5 Å². The second-order valence-electron chi connectivity index (χ2n) is 8.28. The number of aliphatic carboxylic acids is 1. The molecular weight excluding hydrogens is 421 g/mol. The lowest BCUT2D eigenvalue weighted by molar-refractivity contribution is -0.138. The Balaban J connectivity index is 2.22. The van der Waals surface area contributed by atoms with Gasteiger partial charge in [0.1, 0.15) is 17.5 Å². The zero-order chi connectivity index (χ0) is 23.2. The Labute approximate surface area is 180 Å². The predicted molar refractivity (Wildman–Crippen MR) is 112 cm³/mol. The lowest BCUT2D eigenvalue weighted by Gasteiger charge is -2.27. The lowest BCUT2D eigenvalue weighted by Crippen LogP contribution is -2.23. The van der Waals surface area contributed by atoms with Gasteiger partial charge in [0, 0.05) is 39.6 Å².